The number of ether oxygens (including phenoxy) is 3. The molecule has 2 aromatic rings. The molecule has 0 amide bonds. The first kappa shape index (κ1) is 23.4. The molecule has 0 unspecified atom stereocenters. The van der Waals surface area contributed by atoms with Crippen molar-refractivity contribution in [3.63, 3.8) is 0 Å². The van der Waals surface area contributed by atoms with Crippen molar-refractivity contribution in [1.82, 2.24) is 14.9 Å². The first-order chi connectivity index (χ1) is 12.2. The summed E-state index contributed by atoms with van der Waals surface area (Å²) in [6.07, 6.45) is 7.26. The van der Waals surface area contributed by atoms with Crippen LogP contribution in [0.2, 0.25) is 0 Å². The Hall–Kier alpha value is -1.63. The molecule has 1 saturated heterocycles. The van der Waals surface area contributed by atoms with E-state index >= 15 is 0 Å². The number of nitrogens with one attached hydrogen (secondary N) is 1. The van der Waals surface area contributed by atoms with Gasteiger partial charge in [0.05, 0.1) is 26.9 Å². The topological polar surface area (TPSA) is 57.5 Å². The summed E-state index contributed by atoms with van der Waals surface area (Å²) in [6.45, 7) is 3.26. The second-order valence-electron chi connectivity index (χ2n) is 6.28. The zero-order valence-corrected chi connectivity index (χ0v) is 17.9. The molecular formula is C19H29Cl2N3O3. The molecule has 1 aromatic heterocycles. The second kappa shape index (κ2) is 10.6. The van der Waals surface area contributed by atoms with Crippen molar-refractivity contribution in [2.24, 2.45) is 0 Å². The summed E-state index contributed by atoms with van der Waals surface area (Å²) in [4.78, 5) is 4.62. The summed E-state index contributed by atoms with van der Waals surface area (Å²) >= 11 is 0. The number of methoxy groups -OCH3 is 3. The van der Waals surface area contributed by atoms with Crippen LogP contribution in [0.15, 0.2) is 24.5 Å². The highest BCUT2D eigenvalue weighted by atomic mass is 35.5. The molecule has 3 rings (SSSR count). The average molecular weight is 418 g/mol. The van der Waals surface area contributed by atoms with Crippen molar-refractivity contribution in [2.75, 3.05) is 27.9 Å². The summed E-state index contributed by atoms with van der Waals surface area (Å²) in [7, 11) is 4.89. The molecule has 1 aromatic carbocycles. The molecule has 0 saturated carbocycles. The van der Waals surface area contributed by atoms with Crippen LogP contribution in [-0.4, -0.2) is 43.5 Å². The number of imidazole rings is 1. The highest BCUT2D eigenvalue weighted by molar-refractivity contribution is 5.85. The third kappa shape index (κ3) is 4.62. The number of halogens is 2. The Morgan fingerprint density at radius 1 is 1.11 bits per heavy atom. The lowest BCUT2D eigenvalue weighted by Crippen LogP contribution is -2.38. The zero-order valence-electron chi connectivity index (χ0n) is 16.2. The maximum absolute atomic E-state index is 5.65. The summed E-state index contributed by atoms with van der Waals surface area (Å²) in [5.41, 5.74) is 0.914. The smallest absolute Gasteiger partial charge is 0.204 e. The molecule has 0 bridgehead atoms. The van der Waals surface area contributed by atoms with E-state index in [0.717, 1.165) is 37.2 Å². The number of hydrogen-bond acceptors (Lipinski definition) is 5. The molecule has 8 heteroatoms. The van der Waals surface area contributed by atoms with E-state index in [1.807, 2.05) is 18.3 Å². The number of nitrogens with zero attached hydrogens (tertiary/aromatic N) is 2. The Morgan fingerprint density at radius 3 is 2.48 bits per heavy atom. The fraction of sp³-hybridized carbons (Fsp3) is 0.526. The fourth-order valence-corrected chi connectivity index (χ4v) is 3.64. The molecular weight excluding hydrogens is 389 g/mol. The van der Waals surface area contributed by atoms with E-state index in [2.05, 4.69) is 28.0 Å². The summed E-state index contributed by atoms with van der Waals surface area (Å²) in [6, 6.07) is 4.87. The second-order valence-corrected chi connectivity index (χ2v) is 6.28. The number of benzene rings is 1. The maximum Gasteiger partial charge on any atom is 0.204 e. The van der Waals surface area contributed by atoms with Gasteiger partial charge in [-0.2, -0.15) is 0 Å². The van der Waals surface area contributed by atoms with Crippen molar-refractivity contribution >= 4 is 24.8 Å². The number of hydrogen-bond donors (Lipinski definition) is 1. The summed E-state index contributed by atoms with van der Waals surface area (Å²) in [5.74, 6) is 2.79. The van der Waals surface area contributed by atoms with Crippen molar-refractivity contribution in [1.29, 1.82) is 0 Å². The normalized spacial score (nSPS) is 18.8. The molecule has 0 aliphatic carbocycles. The largest absolute Gasteiger partial charge is 0.493 e. The zero-order chi connectivity index (χ0) is 17.8. The first-order valence-corrected chi connectivity index (χ1v) is 8.79. The predicted molar refractivity (Wildman–Crippen MR) is 112 cm³/mol. The van der Waals surface area contributed by atoms with Gasteiger partial charge in [0.15, 0.2) is 11.5 Å². The van der Waals surface area contributed by atoms with Crippen LogP contribution >= 0.6 is 24.8 Å². The van der Waals surface area contributed by atoms with Crippen LogP contribution in [0.25, 0.3) is 11.4 Å². The quantitative estimate of drug-likeness (QED) is 0.765. The van der Waals surface area contributed by atoms with Gasteiger partial charge >= 0.3 is 0 Å². The third-order valence-corrected chi connectivity index (χ3v) is 4.97. The summed E-state index contributed by atoms with van der Waals surface area (Å²) in [5, 5.41) is 3.58. The minimum Gasteiger partial charge on any atom is -0.493 e. The van der Waals surface area contributed by atoms with Gasteiger partial charge in [-0.3, -0.25) is 0 Å². The molecule has 6 nitrogen and oxygen atoms in total. The Bertz CT molecular complexity index is 724. The monoisotopic (exact) mass is 417 g/mol. The SMILES string of the molecule is CC[C@@H]1C[C@H](n2ccnc2-c2ccc(OC)c(OC)c2OC)CCN1.Cl.Cl. The molecule has 2 heterocycles. The van der Waals surface area contributed by atoms with Crippen LogP contribution in [0, 0.1) is 0 Å². The lowest BCUT2D eigenvalue weighted by atomic mass is 9.97. The Labute approximate surface area is 173 Å². The van der Waals surface area contributed by atoms with Gasteiger partial charge < -0.3 is 24.1 Å². The van der Waals surface area contributed by atoms with Crippen LogP contribution < -0.4 is 19.5 Å². The van der Waals surface area contributed by atoms with Gasteiger partial charge in [0.1, 0.15) is 5.82 Å². The van der Waals surface area contributed by atoms with Crippen LogP contribution in [-0.2, 0) is 0 Å². The third-order valence-electron chi connectivity index (χ3n) is 4.97. The van der Waals surface area contributed by atoms with Gasteiger partial charge in [-0.1, -0.05) is 6.92 Å². The lowest BCUT2D eigenvalue weighted by molar-refractivity contribution is 0.296. The van der Waals surface area contributed by atoms with E-state index in [0.29, 0.717) is 29.3 Å². The van der Waals surface area contributed by atoms with E-state index in [9.17, 15) is 0 Å². The van der Waals surface area contributed by atoms with Gasteiger partial charge in [0.2, 0.25) is 5.75 Å². The summed E-state index contributed by atoms with van der Waals surface area (Å²) < 4.78 is 18.8. The molecule has 27 heavy (non-hydrogen) atoms. The molecule has 152 valence electrons. The Morgan fingerprint density at radius 2 is 1.85 bits per heavy atom. The number of aromatic nitrogens is 2. The van der Waals surface area contributed by atoms with Crippen molar-refractivity contribution in [3.05, 3.63) is 24.5 Å². The van der Waals surface area contributed by atoms with Crippen LogP contribution in [0.1, 0.15) is 32.2 Å². The Kier molecular flexibility index (Phi) is 9.22. The molecule has 1 aliphatic heterocycles. The van der Waals surface area contributed by atoms with Crippen molar-refractivity contribution in [3.8, 4) is 28.6 Å². The predicted octanol–water partition coefficient (Wildman–Crippen LogP) is 4.12. The first-order valence-electron chi connectivity index (χ1n) is 8.79. The average Bonchev–Trinajstić information content (AvgIpc) is 3.16. The highest BCUT2D eigenvalue weighted by Crippen LogP contribution is 2.44. The van der Waals surface area contributed by atoms with Gasteiger partial charge in [0, 0.05) is 24.5 Å². The molecule has 1 aliphatic rings. The van der Waals surface area contributed by atoms with Crippen LogP contribution in [0.4, 0.5) is 0 Å². The van der Waals surface area contributed by atoms with E-state index in [1.54, 1.807) is 21.3 Å². The van der Waals surface area contributed by atoms with E-state index in [1.165, 1.54) is 0 Å². The number of piperidine rings is 1. The van der Waals surface area contributed by atoms with Crippen LogP contribution in [0.3, 0.4) is 0 Å². The Balaban J connectivity index is 0.00000182. The van der Waals surface area contributed by atoms with Crippen molar-refractivity contribution in [2.45, 2.75) is 38.3 Å². The van der Waals surface area contributed by atoms with Gasteiger partial charge in [0.25, 0.3) is 0 Å². The van der Waals surface area contributed by atoms with Gasteiger partial charge in [-0.25, -0.2) is 4.98 Å². The van der Waals surface area contributed by atoms with Gasteiger partial charge in [-0.05, 0) is 37.9 Å². The molecule has 0 radical (unpaired) electrons. The van der Waals surface area contributed by atoms with Gasteiger partial charge in [-0.15, -0.1) is 24.8 Å². The standard InChI is InChI=1S/C19H27N3O3.2ClH/c1-5-13-12-14(8-9-20-13)22-11-10-21-19(22)15-6-7-16(23-2)18(25-4)17(15)24-3;;/h6-7,10-11,13-14,20H,5,8-9,12H2,1-4H3;2*1H/t13-,14-;;/m1../s1. The van der Waals surface area contributed by atoms with Crippen molar-refractivity contribution < 1.29 is 14.2 Å². The molecule has 2 atom stereocenters. The highest BCUT2D eigenvalue weighted by Gasteiger charge is 2.26. The molecule has 0 spiro atoms. The van der Waals surface area contributed by atoms with Crippen LogP contribution in [0.5, 0.6) is 17.2 Å². The number of rotatable bonds is 6. The van der Waals surface area contributed by atoms with E-state index < -0.39 is 0 Å². The maximum atomic E-state index is 5.65. The minimum absolute atomic E-state index is 0. The molecule has 1 fully saturated rings. The van der Waals surface area contributed by atoms with E-state index in [-0.39, 0.29) is 24.8 Å². The minimum atomic E-state index is 0. The van der Waals surface area contributed by atoms with E-state index in [4.69, 9.17) is 14.2 Å². The lowest BCUT2D eigenvalue weighted by Gasteiger charge is -2.31. The molecule has 1 N–H and O–H groups in total. The fourth-order valence-electron chi connectivity index (χ4n) is 3.64.